The van der Waals surface area contributed by atoms with Crippen molar-refractivity contribution in [2.24, 2.45) is 11.1 Å². The first-order valence-corrected chi connectivity index (χ1v) is 7.04. The van der Waals surface area contributed by atoms with E-state index >= 15 is 0 Å². The minimum atomic E-state index is -0.639. The molecule has 0 heterocycles. The van der Waals surface area contributed by atoms with Gasteiger partial charge in [0.2, 0.25) is 0 Å². The van der Waals surface area contributed by atoms with Gasteiger partial charge < -0.3 is 10.5 Å². The van der Waals surface area contributed by atoms with Gasteiger partial charge in [0.15, 0.2) is 0 Å². The van der Waals surface area contributed by atoms with Crippen LogP contribution in [0, 0.1) is 5.41 Å². The molecule has 0 radical (unpaired) electrons. The van der Waals surface area contributed by atoms with Gasteiger partial charge in [0.25, 0.3) is 0 Å². The molecule has 0 aromatic heterocycles. The quantitative estimate of drug-likeness (QED) is 0.680. The van der Waals surface area contributed by atoms with E-state index < -0.39 is 5.41 Å². The third-order valence-corrected chi connectivity index (χ3v) is 4.64. The fourth-order valence-corrected chi connectivity index (χ4v) is 3.26. The summed E-state index contributed by atoms with van der Waals surface area (Å²) in [6, 6.07) is 10.2. The van der Waals surface area contributed by atoms with E-state index in [-0.39, 0.29) is 11.9 Å². The highest BCUT2D eigenvalue weighted by atomic mass is 16.5. The van der Waals surface area contributed by atoms with Crippen molar-refractivity contribution in [3.63, 3.8) is 0 Å². The van der Waals surface area contributed by atoms with E-state index in [1.54, 1.807) is 0 Å². The molecule has 3 nitrogen and oxygen atoms in total. The van der Waals surface area contributed by atoms with Gasteiger partial charge in [-0.15, -0.1) is 0 Å². The summed E-state index contributed by atoms with van der Waals surface area (Å²) in [5, 5.41) is 0. The Kier molecular flexibility index (Phi) is 4.29. The molecule has 1 aliphatic carbocycles. The lowest BCUT2D eigenvalue weighted by Gasteiger charge is -2.42. The fraction of sp³-hybridized carbons (Fsp3) is 0.471. The summed E-state index contributed by atoms with van der Waals surface area (Å²) in [4.78, 5) is 12.4. The van der Waals surface area contributed by atoms with Crippen molar-refractivity contribution in [1.29, 1.82) is 0 Å². The highest BCUT2D eigenvalue weighted by Crippen LogP contribution is 2.49. The Morgan fingerprint density at radius 1 is 1.30 bits per heavy atom. The van der Waals surface area contributed by atoms with Gasteiger partial charge in [-0.1, -0.05) is 41.5 Å². The lowest BCUT2D eigenvalue weighted by molar-refractivity contribution is -0.154. The molecule has 0 aliphatic heterocycles. The summed E-state index contributed by atoms with van der Waals surface area (Å²) in [7, 11) is 1.45. The van der Waals surface area contributed by atoms with Crippen molar-refractivity contribution in [3.05, 3.63) is 47.0 Å². The van der Waals surface area contributed by atoms with Crippen molar-refractivity contribution in [1.82, 2.24) is 0 Å². The highest BCUT2D eigenvalue weighted by Gasteiger charge is 2.48. The number of allylic oxidation sites excluding steroid dienone is 2. The van der Waals surface area contributed by atoms with Crippen LogP contribution < -0.4 is 5.73 Å². The number of hydrogen-bond donors (Lipinski definition) is 1. The molecule has 0 fully saturated rings. The largest absolute Gasteiger partial charge is 0.469 e. The van der Waals surface area contributed by atoms with Crippen molar-refractivity contribution in [3.8, 4) is 0 Å². The zero-order valence-electron chi connectivity index (χ0n) is 12.5. The van der Waals surface area contributed by atoms with Crippen LogP contribution in [0.15, 0.2) is 41.5 Å². The van der Waals surface area contributed by atoms with Crippen LogP contribution in [0.5, 0.6) is 0 Å². The zero-order chi connectivity index (χ0) is 14.8. The number of nitrogens with two attached hydrogens (primary N) is 1. The second-order valence-electron chi connectivity index (χ2n) is 5.76. The van der Waals surface area contributed by atoms with E-state index in [1.807, 2.05) is 18.2 Å². The molecule has 20 heavy (non-hydrogen) atoms. The van der Waals surface area contributed by atoms with Gasteiger partial charge in [-0.3, -0.25) is 4.79 Å². The van der Waals surface area contributed by atoms with Crippen LogP contribution >= 0.6 is 0 Å². The molecule has 0 saturated carbocycles. The average Bonchev–Trinajstić information content (AvgIpc) is 2.49. The summed E-state index contributed by atoms with van der Waals surface area (Å²) in [6.07, 6.45) is 1.55. The fourth-order valence-electron chi connectivity index (χ4n) is 3.26. The number of esters is 1. The number of carbonyl (C=O) groups excluding carboxylic acids is 1. The molecule has 108 valence electrons. The Morgan fingerprint density at radius 3 is 2.50 bits per heavy atom. The molecule has 0 spiro atoms. The topological polar surface area (TPSA) is 52.3 Å². The maximum atomic E-state index is 12.4. The van der Waals surface area contributed by atoms with Crippen LogP contribution in [0.3, 0.4) is 0 Å². The number of methoxy groups -OCH3 is 1. The van der Waals surface area contributed by atoms with Gasteiger partial charge >= 0.3 is 5.97 Å². The molecule has 1 aliphatic rings. The zero-order valence-corrected chi connectivity index (χ0v) is 12.5. The number of ether oxygens (including phenoxy) is 1. The SMILES string of the molecule is COC(=O)[C@]1(CN)CC(C)=C(C)C[C@H]1c1ccccc1. The van der Waals surface area contributed by atoms with Gasteiger partial charge in [-0.05, 0) is 32.3 Å². The average molecular weight is 273 g/mol. The number of carbonyl (C=O) groups is 1. The van der Waals surface area contributed by atoms with Crippen LogP contribution in [0.2, 0.25) is 0 Å². The molecule has 0 saturated heterocycles. The Labute approximate surface area is 120 Å². The summed E-state index contributed by atoms with van der Waals surface area (Å²) in [5.41, 5.74) is 9.16. The van der Waals surface area contributed by atoms with Crippen LogP contribution in [0.25, 0.3) is 0 Å². The standard InChI is InChI=1S/C17H23NO2/c1-12-9-15(14-7-5-4-6-8-14)17(11-18,10-13(12)2)16(19)20-3/h4-8,15H,9-11,18H2,1-3H3/t15-,17-/m0/s1. The summed E-state index contributed by atoms with van der Waals surface area (Å²) >= 11 is 0. The summed E-state index contributed by atoms with van der Waals surface area (Å²) < 4.78 is 5.08. The second-order valence-corrected chi connectivity index (χ2v) is 5.76. The first-order chi connectivity index (χ1) is 9.55. The minimum Gasteiger partial charge on any atom is -0.469 e. The molecule has 1 aromatic carbocycles. The van der Waals surface area contributed by atoms with Crippen molar-refractivity contribution < 1.29 is 9.53 Å². The van der Waals surface area contributed by atoms with Gasteiger partial charge in [-0.2, -0.15) is 0 Å². The predicted octanol–water partition coefficient (Wildman–Crippen LogP) is 3.02. The van der Waals surface area contributed by atoms with Crippen LogP contribution in [-0.2, 0) is 9.53 Å². The van der Waals surface area contributed by atoms with E-state index in [2.05, 4.69) is 26.0 Å². The molecule has 0 unspecified atom stereocenters. The lowest BCUT2D eigenvalue weighted by Crippen LogP contribution is -2.46. The van der Waals surface area contributed by atoms with E-state index in [4.69, 9.17) is 10.5 Å². The molecule has 0 bridgehead atoms. The molecule has 1 aromatic rings. The predicted molar refractivity (Wildman–Crippen MR) is 80.3 cm³/mol. The van der Waals surface area contributed by atoms with Gasteiger partial charge in [0.05, 0.1) is 12.5 Å². The Balaban J connectivity index is 2.52. The van der Waals surface area contributed by atoms with E-state index in [1.165, 1.54) is 18.3 Å². The second kappa shape index (κ2) is 5.80. The van der Waals surface area contributed by atoms with Crippen molar-refractivity contribution in [2.75, 3.05) is 13.7 Å². The Hall–Kier alpha value is -1.61. The van der Waals surface area contributed by atoms with E-state index in [0.717, 1.165) is 12.0 Å². The highest BCUT2D eigenvalue weighted by molar-refractivity contribution is 5.79. The maximum Gasteiger partial charge on any atom is 0.314 e. The third kappa shape index (κ3) is 2.38. The molecular formula is C17H23NO2. The smallest absolute Gasteiger partial charge is 0.314 e. The Bertz CT molecular complexity index is 521. The number of benzene rings is 1. The van der Waals surface area contributed by atoms with Gasteiger partial charge in [0.1, 0.15) is 0 Å². The number of rotatable bonds is 3. The first kappa shape index (κ1) is 14.8. The summed E-state index contributed by atoms with van der Waals surface area (Å²) in [6.45, 7) is 4.54. The number of hydrogen-bond acceptors (Lipinski definition) is 3. The monoisotopic (exact) mass is 273 g/mol. The van der Waals surface area contributed by atoms with Gasteiger partial charge in [0, 0.05) is 12.5 Å². The molecule has 2 rings (SSSR count). The normalized spacial score (nSPS) is 26.5. The van der Waals surface area contributed by atoms with Gasteiger partial charge in [-0.25, -0.2) is 0 Å². The molecule has 3 heteroatoms. The minimum absolute atomic E-state index is 0.0878. The first-order valence-electron chi connectivity index (χ1n) is 7.04. The maximum absolute atomic E-state index is 12.4. The molecule has 2 N–H and O–H groups in total. The third-order valence-electron chi connectivity index (χ3n) is 4.64. The van der Waals surface area contributed by atoms with Crippen LogP contribution in [0.4, 0.5) is 0 Å². The van der Waals surface area contributed by atoms with Crippen LogP contribution in [-0.4, -0.2) is 19.6 Å². The van der Waals surface area contributed by atoms with Crippen molar-refractivity contribution >= 4 is 5.97 Å². The van der Waals surface area contributed by atoms with Crippen molar-refractivity contribution in [2.45, 2.75) is 32.6 Å². The van der Waals surface area contributed by atoms with Crippen LogP contribution in [0.1, 0.15) is 38.2 Å². The molecular weight excluding hydrogens is 250 g/mol. The summed E-state index contributed by atoms with van der Waals surface area (Å²) in [5.74, 6) is -0.106. The molecule has 2 atom stereocenters. The lowest BCUT2D eigenvalue weighted by atomic mass is 9.62. The Morgan fingerprint density at radius 2 is 1.95 bits per heavy atom. The van der Waals surface area contributed by atoms with E-state index in [0.29, 0.717) is 13.0 Å². The molecule has 0 amide bonds. The van der Waals surface area contributed by atoms with E-state index in [9.17, 15) is 4.79 Å².